The first-order chi connectivity index (χ1) is 8.72. The van der Waals surface area contributed by atoms with Crippen molar-refractivity contribution in [2.45, 2.75) is 18.0 Å². The molecule has 5 heteroatoms. The topological polar surface area (TPSA) is 41.9 Å². The zero-order valence-electron chi connectivity index (χ0n) is 10.7. The Morgan fingerprint density at radius 3 is 2.67 bits per heavy atom. The molecule has 0 spiro atoms. The second-order valence-electron chi connectivity index (χ2n) is 3.94. The molecule has 18 heavy (non-hydrogen) atoms. The smallest absolute Gasteiger partial charge is 0.226 e. The molecule has 1 atom stereocenters. The molecule has 4 nitrogen and oxygen atoms in total. The van der Waals surface area contributed by atoms with Crippen molar-refractivity contribution in [1.29, 1.82) is 0 Å². The third-order valence-electron chi connectivity index (χ3n) is 2.84. The summed E-state index contributed by atoms with van der Waals surface area (Å²) in [7, 11) is 1.98. The van der Waals surface area contributed by atoms with Crippen LogP contribution in [0.3, 0.4) is 0 Å². The summed E-state index contributed by atoms with van der Waals surface area (Å²) < 4.78 is 0. The molecule has 0 aliphatic heterocycles. The first-order valence-corrected chi connectivity index (χ1v) is 6.95. The molecule has 2 heterocycles. The SMILES string of the molecule is CSc1ccnc(N(C)C(C)c2ccccn2)n1. The van der Waals surface area contributed by atoms with E-state index in [2.05, 4.69) is 21.9 Å². The third-order valence-corrected chi connectivity index (χ3v) is 3.48. The third kappa shape index (κ3) is 2.79. The van der Waals surface area contributed by atoms with Gasteiger partial charge in [-0.15, -0.1) is 11.8 Å². The highest BCUT2D eigenvalue weighted by Crippen LogP contribution is 2.22. The summed E-state index contributed by atoms with van der Waals surface area (Å²) in [5.74, 6) is 0.722. The predicted molar refractivity (Wildman–Crippen MR) is 74.9 cm³/mol. The average Bonchev–Trinajstić information content (AvgIpc) is 2.46. The molecule has 0 aromatic carbocycles. The van der Waals surface area contributed by atoms with Crippen LogP contribution in [0.4, 0.5) is 5.95 Å². The Hall–Kier alpha value is -1.62. The normalized spacial score (nSPS) is 12.2. The number of hydrogen-bond acceptors (Lipinski definition) is 5. The van der Waals surface area contributed by atoms with Gasteiger partial charge in [0.15, 0.2) is 0 Å². The molecule has 0 fully saturated rings. The van der Waals surface area contributed by atoms with Gasteiger partial charge in [-0.25, -0.2) is 9.97 Å². The van der Waals surface area contributed by atoms with Crippen molar-refractivity contribution in [3.63, 3.8) is 0 Å². The van der Waals surface area contributed by atoms with Gasteiger partial charge in [-0.3, -0.25) is 4.98 Å². The van der Waals surface area contributed by atoms with E-state index in [9.17, 15) is 0 Å². The van der Waals surface area contributed by atoms with E-state index in [1.165, 1.54) is 0 Å². The highest BCUT2D eigenvalue weighted by Gasteiger charge is 2.15. The maximum absolute atomic E-state index is 4.49. The molecule has 0 saturated heterocycles. The molecule has 0 N–H and O–H groups in total. The van der Waals surface area contributed by atoms with Gasteiger partial charge in [0.05, 0.1) is 11.7 Å². The van der Waals surface area contributed by atoms with Crippen molar-refractivity contribution in [3.8, 4) is 0 Å². The summed E-state index contributed by atoms with van der Waals surface area (Å²) in [6.07, 6.45) is 5.60. The molecule has 1 unspecified atom stereocenters. The largest absolute Gasteiger partial charge is 0.336 e. The van der Waals surface area contributed by atoms with Crippen LogP contribution in [0, 0.1) is 0 Å². The van der Waals surface area contributed by atoms with Crippen molar-refractivity contribution < 1.29 is 0 Å². The van der Waals surface area contributed by atoms with Gasteiger partial charge in [0.25, 0.3) is 0 Å². The van der Waals surface area contributed by atoms with Gasteiger partial charge in [0, 0.05) is 19.4 Å². The number of thioether (sulfide) groups is 1. The molecular weight excluding hydrogens is 244 g/mol. The monoisotopic (exact) mass is 260 g/mol. The molecule has 0 amide bonds. The van der Waals surface area contributed by atoms with Gasteiger partial charge in [0.2, 0.25) is 5.95 Å². The number of hydrogen-bond donors (Lipinski definition) is 0. The van der Waals surface area contributed by atoms with E-state index in [0.717, 1.165) is 16.7 Å². The Balaban J connectivity index is 2.22. The Kier molecular flexibility index (Phi) is 4.15. The van der Waals surface area contributed by atoms with Crippen LogP contribution in [0.15, 0.2) is 41.7 Å². The fraction of sp³-hybridized carbons (Fsp3) is 0.308. The Bertz CT molecular complexity index is 503. The van der Waals surface area contributed by atoms with Crippen LogP contribution in [0.25, 0.3) is 0 Å². The van der Waals surface area contributed by atoms with E-state index >= 15 is 0 Å². The fourth-order valence-corrected chi connectivity index (χ4v) is 1.98. The molecular formula is C13H16N4S. The van der Waals surface area contributed by atoms with Gasteiger partial charge >= 0.3 is 0 Å². The number of nitrogens with zero attached hydrogens (tertiary/aromatic N) is 4. The standard InChI is InChI=1S/C13H16N4S/c1-10(11-6-4-5-8-14-11)17(2)13-15-9-7-12(16-13)18-3/h4-10H,1-3H3. The summed E-state index contributed by atoms with van der Waals surface area (Å²) in [5.41, 5.74) is 1.01. The molecule has 0 saturated carbocycles. The highest BCUT2D eigenvalue weighted by molar-refractivity contribution is 7.98. The van der Waals surface area contributed by atoms with Crippen molar-refractivity contribution in [3.05, 3.63) is 42.4 Å². The first kappa shape index (κ1) is 12.8. The van der Waals surface area contributed by atoms with E-state index < -0.39 is 0 Å². The zero-order valence-corrected chi connectivity index (χ0v) is 11.6. The number of anilines is 1. The van der Waals surface area contributed by atoms with Crippen molar-refractivity contribution in [2.24, 2.45) is 0 Å². The predicted octanol–water partition coefficient (Wildman–Crippen LogP) is 2.79. The number of aromatic nitrogens is 3. The average molecular weight is 260 g/mol. The summed E-state index contributed by atoms with van der Waals surface area (Å²) >= 11 is 1.61. The fourth-order valence-electron chi connectivity index (χ4n) is 1.61. The van der Waals surface area contributed by atoms with Crippen LogP contribution in [0.1, 0.15) is 18.7 Å². The lowest BCUT2D eigenvalue weighted by atomic mass is 10.2. The molecule has 0 radical (unpaired) electrons. The molecule has 2 aromatic rings. The quantitative estimate of drug-likeness (QED) is 0.624. The minimum absolute atomic E-state index is 0.142. The molecule has 0 aliphatic rings. The molecule has 0 aliphatic carbocycles. The summed E-state index contributed by atoms with van der Waals surface area (Å²) in [6.45, 7) is 2.09. The van der Waals surface area contributed by atoms with Gasteiger partial charge in [-0.05, 0) is 31.4 Å². The molecule has 2 rings (SSSR count). The Labute approximate surface area is 111 Å². The van der Waals surface area contributed by atoms with E-state index in [0.29, 0.717) is 0 Å². The molecule has 2 aromatic heterocycles. The lowest BCUT2D eigenvalue weighted by Gasteiger charge is -2.24. The number of pyridine rings is 1. The van der Waals surface area contributed by atoms with Crippen LogP contribution >= 0.6 is 11.8 Å². The van der Waals surface area contributed by atoms with Crippen LogP contribution in [0.2, 0.25) is 0 Å². The maximum atomic E-state index is 4.49. The van der Waals surface area contributed by atoms with Crippen molar-refractivity contribution in [1.82, 2.24) is 15.0 Å². The van der Waals surface area contributed by atoms with Crippen LogP contribution < -0.4 is 4.90 Å². The second kappa shape index (κ2) is 5.82. The van der Waals surface area contributed by atoms with E-state index in [-0.39, 0.29) is 6.04 Å². The lowest BCUT2D eigenvalue weighted by Crippen LogP contribution is -2.24. The van der Waals surface area contributed by atoms with E-state index in [4.69, 9.17) is 0 Å². The first-order valence-electron chi connectivity index (χ1n) is 5.73. The van der Waals surface area contributed by atoms with Gasteiger partial charge < -0.3 is 4.90 Å². The minimum Gasteiger partial charge on any atom is -0.336 e. The summed E-state index contributed by atoms with van der Waals surface area (Å²) in [5, 5.41) is 0.972. The van der Waals surface area contributed by atoms with Gasteiger partial charge in [0.1, 0.15) is 5.03 Å². The van der Waals surface area contributed by atoms with Crippen LogP contribution in [-0.4, -0.2) is 28.3 Å². The Morgan fingerprint density at radius 2 is 2.00 bits per heavy atom. The van der Waals surface area contributed by atoms with Crippen LogP contribution in [-0.2, 0) is 0 Å². The van der Waals surface area contributed by atoms with Crippen molar-refractivity contribution >= 4 is 17.7 Å². The summed E-state index contributed by atoms with van der Waals surface area (Å²) in [6, 6.07) is 7.98. The van der Waals surface area contributed by atoms with Crippen LogP contribution in [0.5, 0.6) is 0 Å². The van der Waals surface area contributed by atoms with Crippen molar-refractivity contribution in [2.75, 3.05) is 18.2 Å². The van der Waals surface area contributed by atoms with E-state index in [1.807, 2.05) is 42.5 Å². The summed E-state index contributed by atoms with van der Waals surface area (Å²) in [4.78, 5) is 15.2. The van der Waals surface area contributed by atoms with E-state index in [1.54, 1.807) is 24.2 Å². The lowest BCUT2D eigenvalue weighted by molar-refractivity contribution is 0.688. The molecule has 94 valence electrons. The number of rotatable bonds is 4. The molecule has 0 bridgehead atoms. The highest BCUT2D eigenvalue weighted by atomic mass is 32.2. The van der Waals surface area contributed by atoms with Gasteiger partial charge in [-0.1, -0.05) is 6.07 Å². The minimum atomic E-state index is 0.142. The second-order valence-corrected chi connectivity index (χ2v) is 4.77. The maximum Gasteiger partial charge on any atom is 0.226 e. The Morgan fingerprint density at radius 1 is 1.17 bits per heavy atom. The zero-order chi connectivity index (χ0) is 13.0. The van der Waals surface area contributed by atoms with Gasteiger partial charge in [-0.2, -0.15) is 0 Å².